The summed E-state index contributed by atoms with van der Waals surface area (Å²) in [5.41, 5.74) is 1.33. The van der Waals surface area contributed by atoms with Crippen LogP contribution in [0.25, 0.3) is 0 Å². The Hall–Kier alpha value is -2.82. The monoisotopic (exact) mass is 300 g/mol. The average Bonchev–Trinajstić information content (AvgIpc) is 2.54. The first kappa shape index (κ1) is 15.6. The molecule has 0 radical (unpaired) electrons. The van der Waals surface area contributed by atoms with Gasteiger partial charge in [0, 0.05) is 0 Å². The number of hydrogen-bond acceptors (Lipinski definition) is 5. The van der Waals surface area contributed by atoms with Crippen molar-refractivity contribution in [3.8, 4) is 11.5 Å². The molecule has 2 rings (SSSR count). The Bertz CT molecular complexity index is 661. The largest absolute Gasteiger partial charge is 0.482 e. The van der Waals surface area contributed by atoms with Crippen LogP contribution in [0.1, 0.15) is 15.9 Å². The van der Waals surface area contributed by atoms with E-state index in [-0.39, 0.29) is 6.61 Å². The van der Waals surface area contributed by atoms with Crippen LogP contribution in [0.5, 0.6) is 11.5 Å². The Kier molecular flexibility index (Phi) is 5.14. The molecule has 0 fully saturated rings. The van der Waals surface area contributed by atoms with Crippen LogP contribution in [0.3, 0.4) is 0 Å². The summed E-state index contributed by atoms with van der Waals surface area (Å²) in [4.78, 5) is 23.0. The number of carbonyl (C=O) groups excluding carboxylic acids is 2. The molecule has 2 aromatic rings. The highest BCUT2D eigenvalue weighted by Crippen LogP contribution is 2.17. The Labute approximate surface area is 128 Å². The first-order valence-electron chi connectivity index (χ1n) is 6.67. The van der Waals surface area contributed by atoms with Gasteiger partial charge >= 0.3 is 11.9 Å². The van der Waals surface area contributed by atoms with Crippen LogP contribution in [0.2, 0.25) is 0 Å². The number of hydrogen-bond donors (Lipinski definition) is 0. The lowest BCUT2D eigenvalue weighted by Crippen LogP contribution is -2.18. The first-order chi connectivity index (χ1) is 10.6. The summed E-state index contributed by atoms with van der Waals surface area (Å²) in [6, 6.07) is 13.5. The molecule has 5 heteroatoms. The number of aryl methyl sites for hydroxylation is 1. The van der Waals surface area contributed by atoms with Crippen LogP contribution in [-0.2, 0) is 9.53 Å². The van der Waals surface area contributed by atoms with E-state index in [9.17, 15) is 9.59 Å². The number of esters is 2. The minimum atomic E-state index is -0.519. The van der Waals surface area contributed by atoms with Gasteiger partial charge in [0.15, 0.2) is 6.61 Å². The van der Waals surface area contributed by atoms with Gasteiger partial charge in [0.2, 0.25) is 0 Å². The molecular weight excluding hydrogens is 284 g/mol. The molecular formula is C17H16O5. The second kappa shape index (κ2) is 7.26. The lowest BCUT2D eigenvalue weighted by molar-refractivity contribution is -0.136. The van der Waals surface area contributed by atoms with Crippen molar-refractivity contribution in [3.05, 3.63) is 59.7 Å². The smallest absolute Gasteiger partial charge is 0.349 e. The molecule has 22 heavy (non-hydrogen) atoms. The molecule has 0 aliphatic heterocycles. The molecule has 0 saturated carbocycles. The molecule has 5 nitrogen and oxygen atoms in total. The van der Waals surface area contributed by atoms with Gasteiger partial charge in [-0.1, -0.05) is 18.2 Å². The van der Waals surface area contributed by atoms with Gasteiger partial charge in [-0.2, -0.15) is 0 Å². The van der Waals surface area contributed by atoms with Crippen molar-refractivity contribution >= 4 is 11.9 Å². The number of rotatable bonds is 5. The number of ether oxygens (including phenoxy) is 3. The van der Waals surface area contributed by atoms with Crippen molar-refractivity contribution in [3.63, 3.8) is 0 Å². The predicted molar refractivity (Wildman–Crippen MR) is 80.1 cm³/mol. The first-order valence-corrected chi connectivity index (χ1v) is 6.67. The summed E-state index contributed by atoms with van der Waals surface area (Å²) in [5, 5.41) is 0. The molecule has 0 aliphatic rings. The molecule has 2 aromatic carbocycles. The number of benzene rings is 2. The third-order valence-corrected chi connectivity index (χ3v) is 2.95. The van der Waals surface area contributed by atoms with E-state index in [0.29, 0.717) is 17.1 Å². The Morgan fingerprint density at radius 3 is 2.32 bits per heavy atom. The Morgan fingerprint density at radius 2 is 1.68 bits per heavy atom. The van der Waals surface area contributed by atoms with Crippen LogP contribution >= 0.6 is 0 Å². The zero-order valence-electron chi connectivity index (χ0n) is 12.4. The van der Waals surface area contributed by atoms with E-state index >= 15 is 0 Å². The third kappa shape index (κ3) is 4.09. The fourth-order valence-corrected chi connectivity index (χ4v) is 1.79. The Morgan fingerprint density at radius 1 is 1.00 bits per heavy atom. The van der Waals surface area contributed by atoms with Crippen molar-refractivity contribution in [1.29, 1.82) is 0 Å². The molecule has 0 heterocycles. The maximum Gasteiger partial charge on any atom is 0.349 e. The zero-order valence-corrected chi connectivity index (χ0v) is 12.4. The minimum Gasteiger partial charge on any atom is -0.482 e. The van der Waals surface area contributed by atoms with E-state index in [1.165, 1.54) is 31.4 Å². The maximum atomic E-state index is 11.7. The molecule has 0 N–H and O–H groups in total. The van der Waals surface area contributed by atoms with Crippen molar-refractivity contribution < 1.29 is 23.8 Å². The van der Waals surface area contributed by atoms with Gasteiger partial charge in [-0.3, -0.25) is 0 Å². The summed E-state index contributed by atoms with van der Waals surface area (Å²) in [7, 11) is 1.30. The fourth-order valence-electron chi connectivity index (χ4n) is 1.79. The Balaban J connectivity index is 1.89. The molecule has 0 aromatic heterocycles. The lowest BCUT2D eigenvalue weighted by Gasteiger charge is -2.09. The van der Waals surface area contributed by atoms with Crippen LogP contribution in [-0.4, -0.2) is 25.7 Å². The van der Waals surface area contributed by atoms with Crippen molar-refractivity contribution in [2.75, 3.05) is 13.7 Å². The van der Waals surface area contributed by atoms with Crippen LogP contribution in [0.15, 0.2) is 48.5 Å². The van der Waals surface area contributed by atoms with Crippen molar-refractivity contribution in [2.45, 2.75) is 6.92 Å². The van der Waals surface area contributed by atoms with E-state index in [2.05, 4.69) is 4.74 Å². The molecule has 0 bridgehead atoms. The normalized spacial score (nSPS) is 9.91. The van der Waals surface area contributed by atoms with E-state index in [1.54, 1.807) is 6.07 Å². The molecule has 0 atom stereocenters. The van der Waals surface area contributed by atoms with Crippen molar-refractivity contribution in [2.24, 2.45) is 0 Å². The summed E-state index contributed by atoms with van der Waals surface area (Å²) in [6.07, 6.45) is 0. The standard InChI is InChI=1S/C17H16O5/c1-12-5-3-4-6-15(12)21-11-16(18)22-14-9-7-13(8-10-14)17(19)20-2/h3-10H,11H2,1-2H3. The third-order valence-electron chi connectivity index (χ3n) is 2.95. The van der Waals surface area contributed by atoms with Gasteiger partial charge in [-0.15, -0.1) is 0 Å². The van der Waals surface area contributed by atoms with Crippen LogP contribution in [0, 0.1) is 6.92 Å². The molecule has 114 valence electrons. The van der Waals surface area contributed by atoms with Gasteiger partial charge in [-0.05, 0) is 42.8 Å². The summed E-state index contributed by atoms with van der Waals surface area (Å²) in [5.74, 6) is 0.0151. The summed E-state index contributed by atoms with van der Waals surface area (Å²) < 4.78 is 15.1. The zero-order chi connectivity index (χ0) is 15.9. The molecule has 0 saturated heterocycles. The molecule has 0 aliphatic carbocycles. The second-order valence-corrected chi connectivity index (χ2v) is 4.54. The fraction of sp³-hybridized carbons (Fsp3) is 0.176. The SMILES string of the molecule is COC(=O)c1ccc(OC(=O)COc2ccccc2C)cc1. The average molecular weight is 300 g/mol. The highest BCUT2D eigenvalue weighted by molar-refractivity contribution is 5.89. The van der Waals surface area contributed by atoms with Gasteiger partial charge in [0.25, 0.3) is 0 Å². The highest BCUT2D eigenvalue weighted by Gasteiger charge is 2.09. The van der Waals surface area contributed by atoms with Crippen LogP contribution in [0.4, 0.5) is 0 Å². The quantitative estimate of drug-likeness (QED) is 0.627. The molecule has 0 unspecified atom stereocenters. The molecule has 0 amide bonds. The number of carbonyl (C=O) groups is 2. The van der Waals surface area contributed by atoms with Gasteiger partial charge < -0.3 is 14.2 Å². The van der Waals surface area contributed by atoms with Crippen LogP contribution < -0.4 is 9.47 Å². The maximum absolute atomic E-state index is 11.7. The summed E-state index contributed by atoms with van der Waals surface area (Å²) >= 11 is 0. The van der Waals surface area contributed by atoms with E-state index in [0.717, 1.165) is 5.56 Å². The van der Waals surface area contributed by atoms with E-state index < -0.39 is 11.9 Å². The summed E-state index contributed by atoms with van der Waals surface area (Å²) in [6.45, 7) is 1.70. The second-order valence-electron chi connectivity index (χ2n) is 4.54. The van der Waals surface area contributed by atoms with Crippen molar-refractivity contribution in [1.82, 2.24) is 0 Å². The van der Waals surface area contributed by atoms with E-state index in [4.69, 9.17) is 9.47 Å². The van der Waals surface area contributed by atoms with Gasteiger partial charge in [0.05, 0.1) is 12.7 Å². The topological polar surface area (TPSA) is 61.8 Å². The number of para-hydroxylation sites is 1. The van der Waals surface area contributed by atoms with E-state index in [1.807, 2.05) is 25.1 Å². The minimum absolute atomic E-state index is 0.191. The lowest BCUT2D eigenvalue weighted by atomic mass is 10.2. The van der Waals surface area contributed by atoms with Gasteiger partial charge in [0.1, 0.15) is 11.5 Å². The number of methoxy groups -OCH3 is 1. The highest BCUT2D eigenvalue weighted by atomic mass is 16.6. The van der Waals surface area contributed by atoms with Gasteiger partial charge in [-0.25, -0.2) is 9.59 Å². The predicted octanol–water partition coefficient (Wildman–Crippen LogP) is 2.77. The molecule has 0 spiro atoms.